The Balaban J connectivity index is 2.35. The molecule has 0 spiro atoms. The summed E-state index contributed by atoms with van der Waals surface area (Å²) in [5.74, 6) is 0.0192. The monoisotopic (exact) mass is 248 g/mol. The zero-order valence-corrected chi connectivity index (χ0v) is 8.77. The zero-order valence-electron chi connectivity index (χ0n) is 7.95. The maximum absolute atomic E-state index is 11.8. The van der Waals surface area contributed by atoms with Crippen LogP contribution in [0.3, 0.4) is 0 Å². The molecule has 8 heteroatoms. The van der Waals surface area contributed by atoms with Crippen molar-refractivity contribution in [2.75, 3.05) is 17.6 Å². The van der Waals surface area contributed by atoms with Gasteiger partial charge < -0.3 is 5.32 Å². The van der Waals surface area contributed by atoms with Crippen LogP contribution in [0.25, 0.3) is 0 Å². The van der Waals surface area contributed by atoms with Crippen molar-refractivity contribution < 1.29 is 13.2 Å². The van der Waals surface area contributed by atoms with E-state index in [2.05, 4.69) is 15.3 Å². The maximum atomic E-state index is 11.8. The topological polar surface area (TPSA) is 61.6 Å². The number of nitrogens with one attached hydrogen (secondary N) is 1. The number of hydrogen-bond donors (Lipinski definition) is 1. The van der Waals surface area contributed by atoms with Gasteiger partial charge >= 0.3 is 5.51 Å². The molecular formula is C8H7F3N4S. The summed E-state index contributed by atoms with van der Waals surface area (Å²) in [5, 5.41) is 11.1. The van der Waals surface area contributed by atoms with Crippen molar-refractivity contribution in [3.05, 3.63) is 18.0 Å². The van der Waals surface area contributed by atoms with E-state index >= 15 is 0 Å². The summed E-state index contributed by atoms with van der Waals surface area (Å²) in [6, 6.07) is 3.22. The third kappa shape index (κ3) is 4.84. The van der Waals surface area contributed by atoms with E-state index < -0.39 is 5.51 Å². The number of aromatic nitrogens is 2. The van der Waals surface area contributed by atoms with Crippen molar-refractivity contribution in [2.24, 2.45) is 0 Å². The van der Waals surface area contributed by atoms with Crippen molar-refractivity contribution >= 4 is 17.7 Å². The van der Waals surface area contributed by atoms with Gasteiger partial charge in [-0.25, -0.2) is 9.97 Å². The first-order valence-corrected chi connectivity index (χ1v) is 5.17. The van der Waals surface area contributed by atoms with Crippen LogP contribution in [-0.2, 0) is 0 Å². The van der Waals surface area contributed by atoms with Crippen molar-refractivity contribution in [2.45, 2.75) is 5.51 Å². The Morgan fingerprint density at radius 1 is 1.50 bits per heavy atom. The Morgan fingerprint density at radius 3 is 2.88 bits per heavy atom. The second-order valence-corrected chi connectivity index (χ2v) is 3.76. The molecule has 86 valence electrons. The molecule has 0 amide bonds. The molecule has 0 saturated heterocycles. The van der Waals surface area contributed by atoms with Gasteiger partial charge in [-0.2, -0.15) is 18.4 Å². The summed E-state index contributed by atoms with van der Waals surface area (Å²) >= 11 is -0.120. The van der Waals surface area contributed by atoms with Gasteiger partial charge in [0.1, 0.15) is 11.8 Å². The standard InChI is InChI=1S/C8H7F3N4S/c9-8(10,11)16-4-3-14-7-13-2-1-6(5-12)15-7/h1-2H,3-4H2,(H,13,14,15). The SMILES string of the molecule is N#Cc1ccnc(NCCSC(F)(F)F)n1. The number of alkyl halides is 3. The van der Waals surface area contributed by atoms with E-state index in [1.54, 1.807) is 6.07 Å². The molecule has 0 aliphatic rings. The molecule has 0 aliphatic heterocycles. The van der Waals surface area contributed by atoms with Gasteiger partial charge in [0.15, 0.2) is 0 Å². The molecule has 1 rings (SSSR count). The first kappa shape index (κ1) is 12.6. The molecule has 1 N–H and O–H groups in total. The zero-order chi connectivity index (χ0) is 12.0. The van der Waals surface area contributed by atoms with Crippen molar-refractivity contribution in [3.63, 3.8) is 0 Å². The number of anilines is 1. The van der Waals surface area contributed by atoms with Crippen LogP contribution >= 0.6 is 11.8 Å². The second-order valence-electron chi connectivity index (χ2n) is 2.60. The minimum atomic E-state index is -4.23. The average molecular weight is 248 g/mol. The fourth-order valence-electron chi connectivity index (χ4n) is 0.836. The second kappa shape index (κ2) is 5.55. The molecule has 0 bridgehead atoms. The highest BCUT2D eigenvalue weighted by molar-refractivity contribution is 8.00. The van der Waals surface area contributed by atoms with Gasteiger partial charge in [-0.1, -0.05) is 0 Å². The molecule has 0 unspecified atom stereocenters. The fraction of sp³-hybridized carbons (Fsp3) is 0.375. The van der Waals surface area contributed by atoms with E-state index in [1.807, 2.05) is 0 Å². The number of hydrogen-bond acceptors (Lipinski definition) is 5. The van der Waals surface area contributed by atoms with Crippen LogP contribution in [0, 0.1) is 11.3 Å². The van der Waals surface area contributed by atoms with Gasteiger partial charge in [-0.3, -0.25) is 0 Å². The summed E-state index contributed by atoms with van der Waals surface area (Å²) in [4.78, 5) is 7.51. The number of rotatable bonds is 4. The average Bonchev–Trinajstić information content (AvgIpc) is 2.23. The van der Waals surface area contributed by atoms with Gasteiger partial charge in [0.05, 0.1) is 0 Å². The lowest BCUT2D eigenvalue weighted by Gasteiger charge is -2.06. The highest BCUT2D eigenvalue weighted by atomic mass is 32.2. The normalized spacial score (nSPS) is 10.9. The molecule has 0 atom stereocenters. The first-order chi connectivity index (χ1) is 7.51. The van der Waals surface area contributed by atoms with Crippen LogP contribution in [0.1, 0.15) is 5.69 Å². The first-order valence-electron chi connectivity index (χ1n) is 4.19. The van der Waals surface area contributed by atoms with E-state index in [0.717, 1.165) is 0 Å². The lowest BCUT2D eigenvalue weighted by molar-refractivity contribution is -0.0327. The molecule has 4 nitrogen and oxygen atoms in total. The summed E-state index contributed by atoms with van der Waals surface area (Å²) in [6.45, 7) is 0.0824. The predicted octanol–water partition coefficient (Wildman–Crippen LogP) is 2.01. The Hall–Kier alpha value is -1.49. The minimum Gasteiger partial charge on any atom is -0.353 e. The van der Waals surface area contributed by atoms with Crippen LogP contribution in [0.2, 0.25) is 0 Å². The van der Waals surface area contributed by atoms with E-state index in [4.69, 9.17) is 5.26 Å². The Labute approximate surface area is 93.9 Å². The quantitative estimate of drug-likeness (QED) is 0.826. The van der Waals surface area contributed by atoms with Crippen LogP contribution in [-0.4, -0.2) is 27.8 Å². The summed E-state index contributed by atoms with van der Waals surface area (Å²) in [7, 11) is 0. The molecule has 1 aromatic rings. The molecule has 0 aromatic carbocycles. The molecule has 0 saturated carbocycles. The highest BCUT2D eigenvalue weighted by Crippen LogP contribution is 2.29. The van der Waals surface area contributed by atoms with E-state index in [0.29, 0.717) is 0 Å². The molecule has 0 aliphatic carbocycles. The van der Waals surface area contributed by atoms with Gasteiger partial charge in [-0.15, -0.1) is 0 Å². The number of halogens is 3. The number of nitriles is 1. The smallest absolute Gasteiger partial charge is 0.353 e. The summed E-state index contributed by atoms with van der Waals surface area (Å²) in [6.07, 6.45) is 1.37. The van der Waals surface area contributed by atoms with Crippen molar-refractivity contribution in [3.8, 4) is 6.07 Å². The van der Waals surface area contributed by atoms with Crippen LogP contribution in [0.5, 0.6) is 0 Å². The summed E-state index contributed by atoms with van der Waals surface area (Å²) in [5.41, 5.74) is -4.06. The van der Waals surface area contributed by atoms with E-state index in [1.165, 1.54) is 12.3 Å². The molecule has 0 fully saturated rings. The van der Waals surface area contributed by atoms with E-state index in [9.17, 15) is 13.2 Å². The van der Waals surface area contributed by atoms with Crippen molar-refractivity contribution in [1.82, 2.24) is 9.97 Å². The highest BCUT2D eigenvalue weighted by Gasteiger charge is 2.27. The van der Waals surface area contributed by atoms with Crippen LogP contribution in [0.4, 0.5) is 19.1 Å². The Bertz CT molecular complexity index is 388. The third-order valence-corrected chi connectivity index (χ3v) is 2.16. The summed E-state index contributed by atoms with van der Waals surface area (Å²) < 4.78 is 35.3. The van der Waals surface area contributed by atoms with Crippen LogP contribution < -0.4 is 5.32 Å². The van der Waals surface area contributed by atoms with Gasteiger partial charge in [-0.05, 0) is 17.8 Å². The lowest BCUT2D eigenvalue weighted by atomic mass is 10.4. The number of thioether (sulfide) groups is 1. The van der Waals surface area contributed by atoms with Gasteiger partial charge in [0.25, 0.3) is 0 Å². The third-order valence-electron chi connectivity index (χ3n) is 1.42. The Kier molecular flexibility index (Phi) is 4.37. The van der Waals surface area contributed by atoms with Gasteiger partial charge in [0.2, 0.25) is 5.95 Å². The maximum Gasteiger partial charge on any atom is 0.441 e. The molecular weight excluding hydrogens is 241 g/mol. The molecule has 1 aromatic heterocycles. The minimum absolute atomic E-state index is 0.0824. The predicted molar refractivity (Wildman–Crippen MR) is 53.7 cm³/mol. The van der Waals surface area contributed by atoms with Gasteiger partial charge in [0, 0.05) is 18.5 Å². The Morgan fingerprint density at radius 2 is 2.25 bits per heavy atom. The molecule has 1 heterocycles. The number of nitrogens with zero attached hydrogens (tertiary/aromatic N) is 3. The lowest BCUT2D eigenvalue weighted by Crippen LogP contribution is -2.11. The fourth-order valence-corrected chi connectivity index (χ4v) is 1.27. The van der Waals surface area contributed by atoms with Crippen LogP contribution in [0.15, 0.2) is 12.3 Å². The molecule has 0 radical (unpaired) electrons. The molecule has 16 heavy (non-hydrogen) atoms. The largest absolute Gasteiger partial charge is 0.441 e. The van der Waals surface area contributed by atoms with Crippen molar-refractivity contribution in [1.29, 1.82) is 5.26 Å². The van der Waals surface area contributed by atoms with E-state index in [-0.39, 0.29) is 35.7 Å².